The number of carbonyl (C=O) groups excluding carboxylic acids is 1. The Labute approximate surface area is 150 Å². The molecule has 0 aromatic heterocycles. The van der Waals surface area contributed by atoms with Crippen LogP contribution in [0.4, 0.5) is 0 Å². The Hall–Kier alpha value is -0.830. The normalized spacial score (nSPS) is 12.6. The summed E-state index contributed by atoms with van der Waals surface area (Å²) in [4.78, 5) is 11.4. The third-order valence-corrected chi connectivity index (χ3v) is 4.27. The van der Waals surface area contributed by atoms with E-state index in [1.54, 1.807) is 14.0 Å². The molecule has 0 N–H and O–H groups in total. The summed E-state index contributed by atoms with van der Waals surface area (Å²) in [6.07, 6.45) is 21.2. The van der Waals surface area contributed by atoms with E-state index in [4.69, 9.17) is 9.47 Å². The molecule has 24 heavy (non-hydrogen) atoms. The predicted molar refractivity (Wildman–Crippen MR) is 102 cm³/mol. The Kier molecular flexibility index (Phi) is 17.9. The lowest BCUT2D eigenvalue weighted by Crippen LogP contribution is -2.16. The monoisotopic (exact) mass is 340 g/mol. The third-order valence-electron chi connectivity index (χ3n) is 4.27. The van der Waals surface area contributed by atoms with Gasteiger partial charge in [-0.15, -0.1) is 0 Å². The van der Waals surface area contributed by atoms with Crippen molar-refractivity contribution < 1.29 is 14.3 Å². The van der Waals surface area contributed by atoms with Crippen molar-refractivity contribution in [3.05, 3.63) is 12.2 Å². The zero-order valence-corrected chi connectivity index (χ0v) is 16.4. The summed E-state index contributed by atoms with van der Waals surface area (Å²) in [6.45, 7) is 4.00. The first kappa shape index (κ1) is 23.2. The molecule has 142 valence electrons. The van der Waals surface area contributed by atoms with Gasteiger partial charge in [-0.1, -0.05) is 70.4 Å². The number of rotatable bonds is 17. The first-order valence-corrected chi connectivity index (χ1v) is 10.1. The van der Waals surface area contributed by atoms with Crippen LogP contribution in [0.5, 0.6) is 0 Å². The van der Waals surface area contributed by atoms with Crippen molar-refractivity contribution in [3.63, 3.8) is 0 Å². The van der Waals surface area contributed by atoms with E-state index in [1.165, 1.54) is 70.6 Å². The molecule has 0 aliphatic heterocycles. The van der Waals surface area contributed by atoms with Gasteiger partial charge in [0.05, 0.1) is 0 Å². The second kappa shape index (κ2) is 18.5. The maximum absolute atomic E-state index is 11.4. The first-order valence-electron chi connectivity index (χ1n) is 10.1. The Morgan fingerprint density at radius 3 is 1.88 bits per heavy atom. The van der Waals surface area contributed by atoms with Gasteiger partial charge in [0.25, 0.3) is 0 Å². The molecule has 0 radical (unpaired) electrons. The minimum Gasteiger partial charge on any atom is -0.436 e. The van der Waals surface area contributed by atoms with E-state index in [0.29, 0.717) is 6.42 Å². The van der Waals surface area contributed by atoms with Crippen molar-refractivity contribution in [2.24, 2.45) is 0 Å². The molecule has 3 heteroatoms. The molecule has 0 heterocycles. The van der Waals surface area contributed by atoms with Crippen LogP contribution >= 0.6 is 0 Å². The molecule has 0 fully saturated rings. The fourth-order valence-electron chi connectivity index (χ4n) is 2.63. The van der Waals surface area contributed by atoms with Gasteiger partial charge in [0.15, 0.2) is 6.29 Å². The SMILES string of the molecule is CCCCCCCCC=CCCCCCCCC(=O)OC(C)OC. The van der Waals surface area contributed by atoms with Gasteiger partial charge in [-0.3, -0.25) is 4.79 Å². The van der Waals surface area contributed by atoms with Crippen molar-refractivity contribution in [1.82, 2.24) is 0 Å². The first-order chi connectivity index (χ1) is 11.7. The minimum absolute atomic E-state index is 0.151. The number of ether oxygens (including phenoxy) is 2. The highest BCUT2D eigenvalue weighted by atomic mass is 16.7. The molecule has 1 atom stereocenters. The average molecular weight is 341 g/mol. The minimum atomic E-state index is -0.430. The van der Waals surface area contributed by atoms with Gasteiger partial charge < -0.3 is 9.47 Å². The van der Waals surface area contributed by atoms with E-state index in [2.05, 4.69) is 19.1 Å². The molecular formula is C21H40O3. The standard InChI is InChI=1S/C21H40O3/c1-4-5-6-7-8-9-10-11-12-13-14-15-16-17-18-19-21(22)24-20(2)23-3/h11-12,20H,4-10,13-19H2,1-3H3. The summed E-state index contributed by atoms with van der Waals surface area (Å²) in [5, 5.41) is 0. The van der Waals surface area contributed by atoms with Crippen LogP contribution in [0.1, 0.15) is 104 Å². The number of allylic oxidation sites excluding steroid dienone is 2. The summed E-state index contributed by atoms with van der Waals surface area (Å²) in [5.41, 5.74) is 0. The molecule has 0 aromatic carbocycles. The topological polar surface area (TPSA) is 35.5 Å². The molecule has 0 aliphatic rings. The van der Waals surface area contributed by atoms with E-state index >= 15 is 0 Å². The third kappa shape index (κ3) is 17.5. The maximum atomic E-state index is 11.4. The van der Waals surface area contributed by atoms with Crippen molar-refractivity contribution in [2.45, 2.75) is 110 Å². The lowest BCUT2D eigenvalue weighted by Gasteiger charge is -2.10. The highest BCUT2D eigenvalue weighted by molar-refractivity contribution is 5.69. The number of hydrogen-bond donors (Lipinski definition) is 0. The zero-order chi connectivity index (χ0) is 17.9. The summed E-state index contributed by atoms with van der Waals surface area (Å²) in [5.74, 6) is -0.151. The van der Waals surface area contributed by atoms with E-state index < -0.39 is 6.29 Å². The van der Waals surface area contributed by atoms with Gasteiger partial charge in [0, 0.05) is 13.5 Å². The van der Waals surface area contributed by atoms with Gasteiger partial charge in [0.1, 0.15) is 0 Å². The van der Waals surface area contributed by atoms with Crippen LogP contribution in [0.15, 0.2) is 12.2 Å². The van der Waals surface area contributed by atoms with Crippen LogP contribution in [0.25, 0.3) is 0 Å². The number of esters is 1. The summed E-state index contributed by atoms with van der Waals surface area (Å²) in [6, 6.07) is 0. The number of unbranched alkanes of at least 4 members (excludes halogenated alkanes) is 11. The van der Waals surface area contributed by atoms with Crippen molar-refractivity contribution in [1.29, 1.82) is 0 Å². The van der Waals surface area contributed by atoms with Crippen LogP contribution < -0.4 is 0 Å². The fourth-order valence-corrected chi connectivity index (χ4v) is 2.63. The largest absolute Gasteiger partial charge is 0.436 e. The van der Waals surface area contributed by atoms with Crippen molar-refractivity contribution >= 4 is 5.97 Å². The van der Waals surface area contributed by atoms with E-state index in [1.807, 2.05) is 0 Å². The van der Waals surface area contributed by atoms with Crippen molar-refractivity contribution in [3.8, 4) is 0 Å². The van der Waals surface area contributed by atoms with E-state index in [9.17, 15) is 4.79 Å². The summed E-state index contributed by atoms with van der Waals surface area (Å²) < 4.78 is 9.95. The fraction of sp³-hybridized carbons (Fsp3) is 0.857. The van der Waals surface area contributed by atoms with Crippen LogP contribution in [-0.4, -0.2) is 19.4 Å². The lowest BCUT2D eigenvalue weighted by atomic mass is 10.1. The van der Waals surface area contributed by atoms with Crippen LogP contribution in [0.3, 0.4) is 0 Å². The highest BCUT2D eigenvalue weighted by Gasteiger charge is 2.07. The second-order valence-electron chi connectivity index (χ2n) is 6.63. The van der Waals surface area contributed by atoms with Gasteiger partial charge in [-0.05, 0) is 39.0 Å². The zero-order valence-electron chi connectivity index (χ0n) is 16.4. The summed E-state index contributed by atoms with van der Waals surface area (Å²) >= 11 is 0. The molecule has 3 nitrogen and oxygen atoms in total. The second-order valence-corrected chi connectivity index (χ2v) is 6.63. The predicted octanol–water partition coefficient (Wildman–Crippen LogP) is 6.56. The summed E-state index contributed by atoms with van der Waals surface area (Å²) in [7, 11) is 1.54. The van der Waals surface area contributed by atoms with Gasteiger partial charge in [-0.2, -0.15) is 0 Å². The molecule has 0 aromatic rings. The molecule has 0 rings (SSSR count). The molecule has 0 amide bonds. The molecular weight excluding hydrogens is 300 g/mol. The van der Waals surface area contributed by atoms with E-state index in [0.717, 1.165) is 12.8 Å². The Balaban J connectivity index is 3.22. The molecule has 0 aliphatic carbocycles. The Morgan fingerprint density at radius 1 is 0.833 bits per heavy atom. The van der Waals surface area contributed by atoms with Crippen LogP contribution in [0.2, 0.25) is 0 Å². The van der Waals surface area contributed by atoms with Gasteiger partial charge in [0.2, 0.25) is 0 Å². The number of methoxy groups -OCH3 is 1. The van der Waals surface area contributed by atoms with Gasteiger partial charge >= 0.3 is 5.97 Å². The molecule has 0 saturated carbocycles. The average Bonchev–Trinajstić information content (AvgIpc) is 2.58. The maximum Gasteiger partial charge on any atom is 0.308 e. The molecule has 1 unspecified atom stereocenters. The molecule has 0 bridgehead atoms. The quantitative estimate of drug-likeness (QED) is 0.130. The van der Waals surface area contributed by atoms with Crippen LogP contribution in [-0.2, 0) is 14.3 Å². The molecule has 0 saturated heterocycles. The van der Waals surface area contributed by atoms with Crippen molar-refractivity contribution in [2.75, 3.05) is 7.11 Å². The molecule has 0 spiro atoms. The highest BCUT2D eigenvalue weighted by Crippen LogP contribution is 2.10. The van der Waals surface area contributed by atoms with Gasteiger partial charge in [-0.25, -0.2) is 0 Å². The Morgan fingerprint density at radius 2 is 1.33 bits per heavy atom. The lowest BCUT2D eigenvalue weighted by molar-refractivity contribution is -0.169. The number of carbonyl (C=O) groups is 1. The smallest absolute Gasteiger partial charge is 0.308 e. The van der Waals surface area contributed by atoms with Crippen LogP contribution in [0, 0.1) is 0 Å². The van der Waals surface area contributed by atoms with E-state index in [-0.39, 0.29) is 5.97 Å². The Bertz CT molecular complexity index is 299. The number of hydrogen-bond acceptors (Lipinski definition) is 3.